The minimum Gasteiger partial charge on any atom is -0.491 e. The number of fused-ring (bicyclic) bond motifs is 2. The van der Waals surface area contributed by atoms with E-state index in [4.69, 9.17) is 4.74 Å². The molecule has 0 radical (unpaired) electrons. The number of hydrogen-bond donors (Lipinski definition) is 2. The van der Waals surface area contributed by atoms with Crippen LogP contribution in [0.4, 0.5) is 5.69 Å². The zero-order valence-electron chi connectivity index (χ0n) is 20.3. The van der Waals surface area contributed by atoms with Crippen LogP contribution in [0, 0.1) is 0 Å². The molecule has 0 saturated carbocycles. The summed E-state index contributed by atoms with van der Waals surface area (Å²) in [4.78, 5) is 30.9. The van der Waals surface area contributed by atoms with Crippen molar-refractivity contribution in [3.05, 3.63) is 95.6 Å². The minimum atomic E-state index is -0.175. The summed E-state index contributed by atoms with van der Waals surface area (Å²) in [7, 11) is 0. The van der Waals surface area contributed by atoms with Crippen LogP contribution in [0.3, 0.4) is 0 Å². The van der Waals surface area contributed by atoms with E-state index >= 15 is 0 Å². The van der Waals surface area contributed by atoms with Crippen molar-refractivity contribution in [3.8, 4) is 5.75 Å². The number of ether oxygens (including phenoxy) is 1. The summed E-state index contributed by atoms with van der Waals surface area (Å²) in [5.74, 6) is 1.33. The van der Waals surface area contributed by atoms with Gasteiger partial charge in [0.1, 0.15) is 12.3 Å². The van der Waals surface area contributed by atoms with E-state index in [0.717, 1.165) is 41.0 Å². The van der Waals surface area contributed by atoms with E-state index in [1.165, 1.54) is 0 Å². The predicted molar refractivity (Wildman–Crippen MR) is 139 cm³/mol. The number of guanidine groups is 1. The first kappa shape index (κ1) is 23.6. The molecule has 3 aromatic carbocycles. The van der Waals surface area contributed by atoms with Crippen LogP contribution in [0.5, 0.6) is 5.75 Å². The molecule has 7 heteroatoms. The number of carbonyl (C=O) groups excluding carboxylic acids is 2. The summed E-state index contributed by atoms with van der Waals surface area (Å²) in [5, 5.41) is 5.99. The van der Waals surface area contributed by atoms with Gasteiger partial charge in [-0.15, -0.1) is 0 Å². The fraction of sp³-hybridized carbons (Fsp3) is 0.276. The third-order valence-electron chi connectivity index (χ3n) is 6.45. The van der Waals surface area contributed by atoms with E-state index < -0.39 is 0 Å². The second-order valence-electron chi connectivity index (χ2n) is 9.27. The maximum absolute atomic E-state index is 12.8. The molecule has 5 rings (SSSR count). The molecular weight excluding hydrogens is 452 g/mol. The molecule has 2 heterocycles. The van der Waals surface area contributed by atoms with E-state index in [1.54, 1.807) is 0 Å². The highest BCUT2D eigenvalue weighted by Gasteiger charge is 2.29. The quantitative estimate of drug-likeness (QED) is 0.472. The third-order valence-corrected chi connectivity index (χ3v) is 6.45. The molecule has 3 aromatic rings. The normalized spacial score (nSPS) is 15.0. The first-order chi connectivity index (χ1) is 17.5. The Hall–Kier alpha value is -4.13. The van der Waals surface area contributed by atoms with Gasteiger partial charge in [0.2, 0.25) is 17.8 Å². The second-order valence-corrected chi connectivity index (χ2v) is 9.27. The van der Waals surface area contributed by atoms with Crippen molar-refractivity contribution in [2.75, 3.05) is 6.54 Å². The molecule has 1 saturated heterocycles. The van der Waals surface area contributed by atoms with E-state index in [2.05, 4.69) is 15.6 Å². The van der Waals surface area contributed by atoms with Gasteiger partial charge in [0.25, 0.3) is 0 Å². The highest BCUT2D eigenvalue weighted by Crippen LogP contribution is 2.31. The lowest BCUT2D eigenvalue weighted by Crippen LogP contribution is -2.32. The number of amides is 2. The highest BCUT2D eigenvalue weighted by molar-refractivity contribution is 6.05. The Kier molecular flexibility index (Phi) is 6.98. The number of benzene rings is 3. The van der Waals surface area contributed by atoms with Crippen molar-refractivity contribution in [2.24, 2.45) is 4.99 Å². The zero-order valence-corrected chi connectivity index (χ0v) is 20.3. The summed E-state index contributed by atoms with van der Waals surface area (Å²) < 4.78 is 6.11. The lowest BCUT2D eigenvalue weighted by atomic mass is 9.98. The van der Waals surface area contributed by atoms with Gasteiger partial charge in [0, 0.05) is 19.0 Å². The van der Waals surface area contributed by atoms with Gasteiger partial charge in [0.05, 0.1) is 17.8 Å². The van der Waals surface area contributed by atoms with Crippen LogP contribution in [-0.4, -0.2) is 35.3 Å². The van der Waals surface area contributed by atoms with Gasteiger partial charge in [-0.3, -0.25) is 14.9 Å². The van der Waals surface area contributed by atoms with Gasteiger partial charge in [-0.25, -0.2) is 4.99 Å². The molecule has 2 amide bonds. The third kappa shape index (κ3) is 5.57. The molecule has 184 valence electrons. The van der Waals surface area contributed by atoms with Crippen molar-refractivity contribution >= 4 is 23.5 Å². The van der Waals surface area contributed by atoms with Crippen LogP contribution in [0.25, 0.3) is 0 Å². The van der Waals surface area contributed by atoms with E-state index in [1.807, 2.05) is 90.7 Å². The Balaban J connectivity index is 1.13. The number of nitrogens with zero attached hydrogens (tertiary/aromatic N) is 2. The fourth-order valence-corrected chi connectivity index (χ4v) is 4.62. The van der Waals surface area contributed by atoms with Crippen LogP contribution in [0.15, 0.2) is 83.9 Å². The van der Waals surface area contributed by atoms with E-state index in [-0.39, 0.29) is 24.0 Å². The van der Waals surface area contributed by atoms with Crippen molar-refractivity contribution < 1.29 is 14.3 Å². The second kappa shape index (κ2) is 10.6. The summed E-state index contributed by atoms with van der Waals surface area (Å²) in [5.41, 5.74) is 4.01. The maximum Gasteiger partial charge on any atom is 0.246 e. The van der Waals surface area contributed by atoms with Gasteiger partial charge in [0.15, 0.2) is 0 Å². The van der Waals surface area contributed by atoms with Crippen molar-refractivity contribution in [2.45, 2.75) is 44.9 Å². The molecule has 1 fully saturated rings. The average Bonchev–Trinajstić information content (AvgIpc) is 3.25. The molecule has 2 N–H and O–H groups in total. The lowest BCUT2D eigenvalue weighted by Gasteiger charge is -2.23. The largest absolute Gasteiger partial charge is 0.491 e. The molecule has 2 aliphatic rings. The van der Waals surface area contributed by atoms with Gasteiger partial charge in [-0.2, -0.15) is 0 Å². The lowest BCUT2D eigenvalue weighted by molar-refractivity contribution is -0.122. The molecule has 36 heavy (non-hydrogen) atoms. The summed E-state index contributed by atoms with van der Waals surface area (Å²) >= 11 is 0. The van der Waals surface area contributed by atoms with E-state index in [9.17, 15) is 9.59 Å². The number of aliphatic imine (C=N–C) groups is 1. The predicted octanol–water partition coefficient (Wildman–Crippen LogP) is 4.46. The number of nitrogens with one attached hydrogen (secondary N) is 2. The first-order valence-electron chi connectivity index (χ1n) is 12.4. The fourth-order valence-electron chi connectivity index (χ4n) is 4.62. The van der Waals surface area contributed by atoms with Crippen LogP contribution in [0.1, 0.15) is 48.9 Å². The summed E-state index contributed by atoms with van der Waals surface area (Å²) in [6, 6.07) is 25.7. The Morgan fingerprint density at radius 1 is 1.03 bits per heavy atom. The van der Waals surface area contributed by atoms with Crippen LogP contribution < -0.4 is 15.4 Å². The molecule has 0 bridgehead atoms. The maximum atomic E-state index is 12.8. The SMILES string of the molecule is CC(CCCC(=O)NC(c1ccccc1)c1ccccc1)Oc1ccc2c(c1)N=C1NC(=O)CN1C2. The Labute approximate surface area is 211 Å². The molecular formula is C29H30N4O3. The average molecular weight is 483 g/mol. The van der Waals surface area contributed by atoms with Crippen LogP contribution in [-0.2, 0) is 16.1 Å². The topological polar surface area (TPSA) is 83.0 Å². The Morgan fingerprint density at radius 3 is 2.42 bits per heavy atom. The van der Waals surface area contributed by atoms with Crippen molar-refractivity contribution in [3.63, 3.8) is 0 Å². The molecule has 7 nitrogen and oxygen atoms in total. The Bertz CT molecular complexity index is 1220. The Morgan fingerprint density at radius 2 is 1.72 bits per heavy atom. The monoisotopic (exact) mass is 482 g/mol. The number of hydrogen-bond acceptors (Lipinski definition) is 5. The van der Waals surface area contributed by atoms with Crippen LogP contribution >= 0.6 is 0 Å². The van der Waals surface area contributed by atoms with Crippen molar-refractivity contribution in [1.29, 1.82) is 0 Å². The molecule has 0 aliphatic carbocycles. The first-order valence-corrected chi connectivity index (χ1v) is 12.4. The zero-order chi connectivity index (χ0) is 24.9. The molecule has 1 unspecified atom stereocenters. The summed E-state index contributed by atoms with van der Waals surface area (Å²) in [6.07, 6.45) is 1.85. The van der Waals surface area contributed by atoms with Gasteiger partial charge in [-0.1, -0.05) is 66.7 Å². The van der Waals surface area contributed by atoms with Gasteiger partial charge >= 0.3 is 0 Å². The minimum absolute atomic E-state index is 0.0210. The summed E-state index contributed by atoms with van der Waals surface area (Å²) in [6.45, 7) is 3.02. The molecule has 1 atom stereocenters. The molecule has 2 aliphatic heterocycles. The highest BCUT2D eigenvalue weighted by atomic mass is 16.5. The van der Waals surface area contributed by atoms with Gasteiger partial charge in [-0.05, 0) is 42.5 Å². The van der Waals surface area contributed by atoms with Crippen LogP contribution in [0.2, 0.25) is 0 Å². The standard InChI is InChI=1S/C29H30N4O3/c1-20(36-24-16-15-23-18-33-19-27(35)32-29(33)30-25(23)17-24)9-8-14-26(34)31-28(21-10-4-2-5-11-21)22-12-6-3-7-13-22/h2-7,10-13,15-17,20,28H,8-9,14,18-19H2,1H3,(H,31,34)(H,30,32,35). The van der Waals surface area contributed by atoms with Crippen molar-refractivity contribution in [1.82, 2.24) is 15.5 Å². The van der Waals surface area contributed by atoms with Gasteiger partial charge < -0.3 is 15.0 Å². The van der Waals surface area contributed by atoms with E-state index in [0.29, 0.717) is 25.5 Å². The number of rotatable bonds is 9. The number of carbonyl (C=O) groups is 2. The smallest absolute Gasteiger partial charge is 0.246 e. The molecule has 0 spiro atoms. The molecule has 0 aromatic heterocycles.